The number of alkyl halides is 1. The molecule has 1 saturated carbocycles. The van der Waals surface area contributed by atoms with E-state index in [0.717, 1.165) is 11.2 Å². The molecule has 0 bridgehead atoms. The summed E-state index contributed by atoms with van der Waals surface area (Å²) < 4.78 is 20.0. The summed E-state index contributed by atoms with van der Waals surface area (Å²) in [5.41, 5.74) is 1.87. The minimum atomic E-state index is -1.13. The molecule has 0 unspecified atom stereocenters. The van der Waals surface area contributed by atoms with Crippen molar-refractivity contribution in [3.05, 3.63) is 41.4 Å². The minimum absolute atomic E-state index is 0.0625. The number of carbonyl (C=O) groups is 1. The Hall–Kier alpha value is -3.41. The number of nitrogens with zero attached hydrogens (tertiary/aromatic N) is 7. The topological polar surface area (TPSA) is 117 Å². The molecule has 0 radical (unpaired) electrons. The molecule has 1 saturated heterocycles. The molecule has 0 amide bonds. The zero-order valence-electron chi connectivity index (χ0n) is 17.0. The van der Waals surface area contributed by atoms with Gasteiger partial charge in [0.2, 0.25) is 5.95 Å². The molecule has 0 spiro atoms. The standard InChI is InChI=1S/C20H20FN9OS/c21-12-6-15(16(31)8-18-22-10-23-32-18)29(9-12)20-25-19(14-2-1-5-30(14)28-20)24-17-7-13(26-27-17)11-3-4-11/h1-2,5,7,10-12,15H,3-4,6,8-9H2,(H2,24,25,26,27,28)/t12-,15-/m0/s1. The maximum Gasteiger partial charge on any atom is 0.246 e. The monoisotopic (exact) mass is 453 g/mol. The predicted molar refractivity (Wildman–Crippen MR) is 116 cm³/mol. The summed E-state index contributed by atoms with van der Waals surface area (Å²) in [4.78, 5) is 23.3. The summed E-state index contributed by atoms with van der Waals surface area (Å²) in [6.07, 6.45) is 4.66. The van der Waals surface area contributed by atoms with Crippen LogP contribution in [0.25, 0.3) is 5.52 Å². The normalized spacial score (nSPS) is 20.8. The third kappa shape index (κ3) is 3.60. The lowest BCUT2D eigenvalue weighted by atomic mass is 10.1. The lowest BCUT2D eigenvalue weighted by molar-refractivity contribution is -0.119. The largest absolute Gasteiger partial charge is 0.326 e. The summed E-state index contributed by atoms with van der Waals surface area (Å²) in [5, 5.41) is 15.8. The van der Waals surface area contributed by atoms with Crippen LogP contribution in [0.3, 0.4) is 0 Å². The molecular weight excluding hydrogens is 433 g/mol. The molecule has 10 nitrogen and oxygen atoms in total. The number of fused-ring (bicyclic) bond motifs is 1. The molecule has 4 aromatic rings. The van der Waals surface area contributed by atoms with E-state index in [2.05, 4.69) is 35.0 Å². The van der Waals surface area contributed by atoms with Crippen LogP contribution in [0.2, 0.25) is 0 Å². The first-order valence-corrected chi connectivity index (χ1v) is 11.3. The third-order valence-corrected chi connectivity index (χ3v) is 6.51. The van der Waals surface area contributed by atoms with Crippen molar-refractivity contribution in [2.75, 3.05) is 16.8 Å². The van der Waals surface area contributed by atoms with Crippen LogP contribution in [0.1, 0.15) is 35.9 Å². The zero-order valence-corrected chi connectivity index (χ0v) is 17.8. The second kappa shape index (κ2) is 7.62. The van der Waals surface area contributed by atoms with Crippen molar-refractivity contribution in [1.29, 1.82) is 0 Å². The average Bonchev–Trinajstić information content (AvgIpc) is 3.21. The molecule has 2 fully saturated rings. The number of rotatable bonds is 7. The zero-order chi connectivity index (χ0) is 21.7. The van der Waals surface area contributed by atoms with Crippen molar-refractivity contribution < 1.29 is 9.18 Å². The van der Waals surface area contributed by atoms with E-state index in [1.54, 1.807) is 15.6 Å². The first-order valence-electron chi connectivity index (χ1n) is 10.5. The SMILES string of the molecule is O=C(Cc1ncns1)[C@@H]1C[C@H](F)CN1c1nc(Nc2cc(C3CC3)[nH]n2)c2cccn2n1. The Kier molecular flexibility index (Phi) is 4.59. The lowest BCUT2D eigenvalue weighted by Gasteiger charge is -2.23. The Balaban J connectivity index is 1.31. The number of halogens is 1. The smallest absolute Gasteiger partial charge is 0.246 e. The van der Waals surface area contributed by atoms with Gasteiger partial charge in [-0.05, 0) is 36.5 Å². The van der Waals surface area contributed by atoms with Crippen molar-refractivity contribution >= 4 is 40.4 Å². The molecule has 4 aromatic heterocycles. The molecule has 164 valence electrons. The number of carbonyl (C=O) groups excluding carboxylic acids is 1. The number of ketones is 1. The van der Waals surface area contributed by atoms with Crippen molar-refractivity contribution in [2.45, 2.75) is 43.8 Å². The van der Waals surface area contributed by atoms with E-state index in [9.17, 15) is 9.18 Å². The van der Waals surface area contributed by atoms with E-state index in [-0.39, 0.29) is 25.2 Å². The number of hydrogen-bond acceptors (Lipinski definition) is 9. The highest BCUT2D eigenvalue weighted by Gasteiger charge is 2.39. The fourth-order valence-electron chi connectivity index (χ4n) is 4.11. The molecule has 2 aliphatic rings. The van der Waals surface area contributed by atoms with Crippen LogP contribution in [0, 0.1) is 0 Å². The molecule has 0 aromatic carbocycles. The molecule has 1 aliphatic carbocycles. The van der Waals surface area contributed by atoms with E-state index in [0.29, 0.717) is 28.5 Å². The van der Waals surface area contributed by atoms with Crippen molar-refractivity contribution in [3.63, 3.8) is 0 Å². The van der Waals surface area contributed by atoms with Gasteiger partial charge in [0.1, 0.15) is 23.0 Å². The van der Waals surface area contributed by atoms with Gasteiger partial charge in [-0.15, -0.1) is 5.10 Å². The van der Waals surface area contributed by atoms with Crippen molar-refractivity contribution in [1.82, 2.24) is 34.2 Å². The van der Waals surface area contributed by atoms with Gasteiger partial charge >= 0.3 is 0 Å². The predicted octanol–water partition coefficient (Wildman–Crippen LogP) is 2.65. The highest BCUT2D eigenvalue weighted by atomic mass is 32.1. The Labute approximate surface area is 186 Å². The second-order valence-electron chi connectivity index (χ2n) is 8.19. The average molecular weight is 454 g/mol. The van der Waals surface area contributed by atoms with Crippen LogP contribution in [-0.4, -0.2) is 58.7 Å². The summed E-state index contributed by atoms with van der Waals surface area (Å²) in [6, 6.07) is 5.09. The van der Waals surface area contributed by atoms with E-state index in [4.69, 9.17) is 0 Å². The minimum Gasteiger partial charge on any atom is -0.326 e. The van der Waals surface area contributed by atoms with Crippen molar-refractivity contribution in [3.8, 4) is 0 Å². The summed E-state index contributed by atoms with van der Waals surface area (Å²) in [5.74, 6) is 1.94. The molecule has 2 atom stereocenters. The van der Waals surface area contributed by atoms with Gasteiger partial charge in [0.15, 0.2) is 17.4 Å². The fourth-order valence-corrected chi connectivity index (χ4v) is 4.63. The summed E-state index contributed by atoms with van der Waals surface area (Å²) >= 11 is 1.17. The highest BCUT2D eigenvalue weighted by molar-refractivity contribution is 7.05. The van der Waals surface area contributed by atoms with E-state index < -0.39 is 12.2 Å². The van der Waals surface area contributed by atoms with Gasteiger partial charge in [-0.3, -0.25) is 9.89 Å². The van der Waals surface area contributed by atoms with E-state index in [1.807, 2.05) is 18.2 Å². The molecule has 5 heterocycles. The summed E-state index contributed by atoms with van der Waals surface area (Å²) in [7, 11) is 0. The molecule has 1 aliphatic heterocycles. The van der Waals surface area contributed by atoms with Crippen LogP contribution in [0.4, 0.5) is 22.0 Å². The molecular formula is C20H20FN9OS. The Bertz CT molecular complexity index is 1270. The van der Waals surface area contributed by atoms with E-state index >= 15 is 0 Å². The molecule has 32 heavy (non-hydrogen) atoms. The molecule has 6 rings (SSSR count). The maximum absolute atomic E-state index is 14.4. The van der Waals surface area contributed by atoms with Crippen LogP contribution in [0.15, 0.2) is 30.7 Å². The third-order valence-electron chi connectivity index (χ3n) is 5.85. The summed E-state index contributed by atoms with van der Waals surface area (Å²) in [6.45, 7) is 0.0625. The van der Waals surface area contributed by atoms with Gasteiger partial charge in [-0.1, -0.05) is 0 Å². The Morgan fingerprint density at radius 1 is 1.38 bits per heavy atom. The van der Waals surface area contributed by atoms with Crippen LogP contribution < -0.4 is 10.2 Å². The van der Waals surface area contributed by atoms with E-state index in [1.165, 1.54) is 30.7 Å². The first kappa shape index (κ1) is 19.3. The number of hydrogen-bond donors (Lipinski definition) is 2. The molecule has 2 N–H and O–H groups in total. The van der Waals surface area contributed by atoms with Crippen LogP contribution in [0.5, 0.6) is 0 Å². The number of aromatic nitrogens is 7. The van der Waals surface area contributed by atoms with Gasteiger partial charge in [0.05, 0.1) is 19.0 Å². The maximum atomic E-state index is 14.4. The first-order chi connectivity index (χ1) is 15.6. The number of Topliss-reactive ketones (excluding diaryl/α,β-unsaturated/α-hetero) is 1. The highest BCUT2D eigenvalue weighted by Crippen LogP contribution is 2.39. The van der Waals surface area contributed by atoms with Gasteiger partial charge in [-0.2, -0.15) is 14.5 Å². The lowest BCUT2D eigenvalue weighted by Crippen LogP contribution is -2.38. The van der Waals surface area contributed by atoms with Gasteiger partial charge in [0, 0.05) is 30.3 Å². The number of H-pyrrole nitrogens is 1. The second-order valence-corrected chi connectivity index (χ2v) is 9.05. The van der Waals surface area contributed by atoms with Crippen LogP contribution in [-0.2, 0) is 11.2 Å². The van der Waals surface area contributed by atoms with Gasteiger partial charge in [0.25, 0.3) is 0 Å². The quantitative estimate of drug-likeness (QED) is 0.439. The van der Waals surface area contributed by atoms with Gasteiger partial charge in [-0.25, -0.2) is 13.9 Å². The van der Waals surface area contributed by atoms with Crippen LogP contribution >= 0.6 is 11.5 Å². The van der Waals surface area contributed by atoms with Crippen molar-refractivity contribution in [2.24, 2.45) is 0 Å². The fraction of sp³-hybridized carbons (Fsp3) is 0.400. The Morgan fingerprint density at radius 2 is 2.28 bits per heavy atom. The number of aromatic amines is 1. The Morgan fingerprint density at radius 3 is 3.09 bits per heavy atom. The van der Waals surface area contributed by atoms with Gasteiger partial charge < -0.3 is 10.2 Å². The number of anilines is 3. The number of nitrogens with one attached hydrogen (secondary N) is 2. The molecule has 12 heteroatoms.